The van der Waals surface area contributed by atoms with E-state index in [1.807, 2.05) is 48.8 Å². The van der Waals surface area contributed by atoms with Crippen molar-refractivity contribution in [3.8, 4) is 5.69 Å². The third kappa shape index (κ3) is 4.14. The number of carbonyl (C=O) groups excluding carboxylic acids is 1. The van der Waals surface area contributed by atoms with E-state index in [0.29, 0.717) is 4.91 Å². The van der Waals surface area contributed by atoms with Crippen LogP contribution in [0, 0.1) is 19.7 Å². The standard InChI is InChI=1S/C24H24FN3OS/c1-4-17-8-10-20(11-9-17)26-24-27-23(29)22(30-24)13-18-12-15(2)28(16(18)3)21-7-5-6-19(25)14-21/h5-14,24,26H,4H2,1-3H3,(H,27,29)/b22-13-/t24-/m0/s1. The fourth-order valence-electron chi connectivity index (χ4n) is 3.64. The maximum absolute atomic E-state index is 13.7. The summed E-state index contributed by atoms with van der Waals surface area (Å²) >= 11 is 1.46. The highest BCUT2D eigenvalue weighted by atomic mass is 32.2. The molecule has 1 aliphatic rings. The predicted molar refractivity (Wildman–Crippen MR) is 122 cm³/mol. The summed E-state index contributed by atoms with van der Waals surface area (Å²) < 4.78 is 15.7. The maximum Gasteiger partial charge on any atom is 0.260 e. The largest absolute Gasteiger partial charge is 0.357 e. The summed E-state index contributed by atoms with van der Waals surface area (Å²) in [5.74, 6) is -0.371. The van der Waals surface area contributed by atoms with E-state index in [0.717, 1.165) is 34.7 Å². The maximum atomic E-state index is 13.7. The Morgan fingerprint density at radius 3 is 2.63 bits per heavy atom. The van der Waals surface area contributed by atoms with Crippen molar-refractivity contribution < 1.29 is 9.18 Å². The average molecular weight is 422 g/mol. The van der Waals surface area contributed by atoms with Crippen molar-refractivity contribution in [1.82, 2.24) is 9.88 Å². The van der Waals surface area contributed by atoms with Crippen LogP contribution in [-0.4, -0.2) is 16.0 Å². The quantitative estimate of drug-likeness (QED) is 0.543. The second kappa shape index (κ2) is 8.40. The fourth-order valence-corrected chi connectivity index (χ4v) is 4.62. The molecule has 1 fully saturated rings. The fraction of sp³-hybridized carbons (Fsp3) is 0.208. The molecule has 0 spiro atoms. The Labute approximate surface area is 180 Å². The van der Waals surface area contributed by atoms with Gasteiger partial charge in [0.1, 0.15) is 5.82 Å². The molecule has 4 rings (SSSR count). The lowest BCUT2D eigenvalue weighted by atomic mass is 10.1. The number of nitrogens with one attached hydrogen (secondary N) is 2. The van der Waals surface area contributed by atoms with Gasteiger partial charge >= 0.3 is 0 Å². The number of anilines is 1. The number of aryl methyl sites for hydroxylation is 2. The Hall–Kier alpha value is -2.99. The van der Waals surface area contributed by atoms with Crippen LogP contribution in [-0.2, 0) is 11.2 Å². The molecule has 0 aliphatic carbocycles. The third-order valence-corrected chi connectivity index (χ3v) is 6.24. The van der Waals surface area contributed by atoms with Crippen LogP contribution in [0.15, 0.2) is 59.5 Å². The zero-order chi connectivity index (χ0) is 21.3. The van der Waals surface area contributed by atoms with Gasteiger partial charge in [0.25, 0.3) is 5.91 Å². The zero-order valence-electron chi connectivity index (χ0n) is 17.2. The third-order valence-electron chi connectivity index (χ3n) is 5.21. The molecule has 154 valence electrons. The minimum absolute atomic E-state index is 0.0989. The molecule has 1 atom stereocenters. The van der Waals surface area contributed by atoms with E-state index in [-0.39, 0.29) is 17.2 Å². The number of aromatic nitrogens is 1. The van der Waals surface area contributed by atoms with Crippen LogP contribution in [0.1, 0.15) is 29.4 Å². The van der Waals surface area contributed by atoms with Gasteiger partial charge in [-0.15, -0.1) is 0 Å². The van der Waals surface area contributed by atoms with Gasteiger partial charge in [-0.3, -0.25) is 4.79 Å². The first-order valence-electron chi connectivity index (χ1n) is 9.94. The lowest BCUT2D eigenvalue weighted by molar-refractivity contribution is -0.116. The number of hydrogen-bond acceptors (Lipinski definition) is 3. The number of hydrogen-bond donors (Lipinski definition) is 2. The van der Waals surface area contributed by atoms with Crippen molar-refractivity contribution in [2.75, 3.05) is 5.32 Å². The highest BCUT2D eigenvalue weighted by Crippen LogP contribution is 2.32. The summed E-state index contributed by atoms with van der Waals surface area (Å²) in [4.78, 5) is 13.2. The topological polar surface area (TPSA) is 46.1 Å². The molecule has 0 bridgehead atoms. The van der Waals surface area contributed by atoms with Crippen LogP contribution in [0.2, 0.25) is 0 Å². The number of benzene rings is 2. The Bertz CT molecular complexity index is 1120. The summed E-state index contributed by atoms with van der Waals surface area (Å²) in [6, 6.07) is 16.8. The second-order valence-corrected chi connectivity index (χ2v) is 8.46. The van der Waals surface area contributed by atoms with Gasteiger partial charge in [-0.2, -0.15) is 0 Å². The van der Waals surface area contributed by atoms with Crippen LogP contribution in [0.5, 0.6) is 0 Å². The lowest BCUT2D eigenvalue weighted by Gasteiger charge is -2.12. The molecule has 4 nitrogen and oxygen atoms in total. The van der Waals surface area contributed by atoms with Crippen LogP contribution in [0.25, 0.3) is 11.8 Å². The normalized spacial score (nSPS) is 17.4. The highest BCUT2D eigenvalue weighted by molar-refractivity contribution is 8.05. The van der Waals surface area contributed by atoms with E-state index >= 15 is 0 Å². The number of rotatable bonds is 5. The summed E-state index contributed by atoms with van der Waals surface area (Å²) in [7, 11) is 0. The molecule has 0 unspecified atom stereocenters. The van der Waals surface area contributed by atoms with E-state index in [9.17, 15) is 9.18 Å². The molecule has 1 amide bonds. The van der Waals surface area contributed by atoms with Gasteiger partial charge in [0.2, 0.25) is 0 Å². The number of carbonyl (C=O) groups is 1. The van der Waals surface area contributed by atoms with Gasteiger partial charge in [-0.25, -0.2) is 4.39 Å². The molecule has 0 radical (unpaired) electrons. The summed E-state index contributed by atoms with van der Waals surface area (Å²) in [6.07, 6.45) is 2.90. The molecule has 1 saturated heterocycles. The summed E-state index contributed by atoms with van der Waals surface area (Å²) in [5, 5.41) is 6.31. The monoisotopic (exact) mass is 421 g/mol. The molecule has 2 heterocycles. The van der Waals surface area contributed by atoms with Gasteiger partial charge in [0.15, 0.2) is 5.50 Å². The van der Waals surface area contributed by atoms with E-state index < -0.39 is 0 Å². The molecule has 30 heavy (non-hydrogen) atoms. The van der Waals surface area contributed by atoms with Crippen molar-refractivity contribution in [3.63, 3.8) is 0 Å². The first kappa shape index (κ1) is 20.3. The van der Waals surface area contributed by atoms with Crippen molar-refractivity contribution in [3.05, 3.63) is 87.8 Å². The Morgan fingerprint density at radius 1 is 1.17 bits per heavy atom. The van der Waals surface area contributed by atoms with E-state index in [4.69, 9.17) is 0 Å². The van der Waals surface area contributed by atoms with E-state index in [1.165, 1.54) is 29.5 Å². The van der Waals surface area contributed by atoms with Crippen molar-refractivity contribution >= 4 is 29.4 Å². The van der Waals surface area contributed by atoms with Gasteiger partial charge in [-0.1, -0.05) is 36.9 Å². The Kier molecular flexibility index (Phi) is 5.68. The van der Waals surface area contributed by atoms with Crippen LogP contribution in [0.3, 0.4) is 0 Å². The van der Waals surface area contributed by atoms with Gasteiger partial charge in [0.05, 0.1) is 4.91 Å². The van der Waals surface area contributed by atoms with Crippen molar-refractivity contribution in [2.45, 2.75) is 32.7 Å². The molecule has 6 heteroatoms. The van der Waals surface area contributed by atoms with E-state index in [2.05, 4.69) is 29.7 Å². The second-order valence-electron chi connectivity index (χ2n) is 7.32. The van der Waals surface area contributed by atoms with Crippen molar-refractivity contribution in [2.24, 2.45) is 0 Å². The molecule has 1 aromatic heterocycles. The SMILES string of the molecule is CCc1ccc(N[C@H]2NC(=O)/C(=C/c3cc(C)n(-c4cccc(F)c4)c3C)S2)cc1. The average Bonchev–Trinajstić information content (AvgIpc) is 3.20. The van der Waals surface area contributed by atoms with Crippen LogP contribution in [0.4, 0.5) is 10.1 Å². The number of amides is 1. The van der Waals surface area contributed by atoms with Gasteiger partial charge < -0.3 is 15.2 Å². The molecule has 2 aromatic carbocycles. The number of nitrogens with zero attached hydrogens (tertiary/aromatic N) is 1. The first-order valence-corrected chi connectivity index (χ1v) is 10.8. The predicted octanol–water partition coefficient (Wildman–Crippen LogP) is 5.40. The van der Waals surface area contributed by atoms with Crippen LogP contribution < -0.4 is 10.6 Å². The summed E-state index contributed by atoms with van der Waals surface area (Å²) in [5.41, 5.74) is 5.69. The molecular formula is C24H24FN3OS. The smallest absolute Gasteiger partial charge is 0.260 e. The molecule has 0 saturated carbocycles. The molecule has 3 aromatic rings. The molecule has 1 aliphatic heterocycles. The van der Waals surface area contributed by atoms with Gasteiger partial charge in [-0.05, 0) is 73.9 Å². The minimum atomic E-state index is -0.272. The Balaban J connectivity index is 1.55. The lowest BCUT2D eigenvalue weighted by Crippen LogP contribution is -2.30. The highest BCUT2D eigenvalue weighted by Gasteiger charge is 2.27. The Morgan fingerprint density at radius 2 is 1.93 bits per heavy atom. The summed E-state index contributed by atoms with van der Waals surface area (Å²) in [6.45, 7) is 6.08. The van der Waals surface area contributed by atoms with E-state index in [1.54, 1.807) is 6.07 Å². The molecule has 2 N–H and O–H groups in total. The minimum Gasteiger partial charge on any atom is -0.357 e. The number of thioether (sulfide) groups is 1. The zero-order valence-corrected chi connectivity index (χ0v) is 18.0. The van der Waals surface area contributed by atoms with Crippen LogP contribution >= 0.6 is 11.8 Å². The molecular weight excluding hydrogens is 397 g/mol. The van der Waals surface area contributed by atoms with Gasteiger partial charge in [0, 0.05) is 22.8 Å². The number of halogens is 1. The first-order chi connectivity index (χ1) is 14.4. The van der Waals surface area contributed by atoms with Crippen molar-refractivity contribution in [1.29, 1.82) is 0 Å².